The summed E-state index contributed by atoms with van der Waals surface area (Å²) in [4.78, 5) is 0. The van der Waals surface area contributed by atoms with Crippen molar-refractivity contribution in [1.82, 2.24) is 0 Å². The van der Waals surface area contributed by atoms with E-state index in [0.717, 1.165) is 12.8 Å². The molecule has 0 aromatic rings. The van der Waals surface area contributed by atoms with Gasteiger partial charge in [-0.1, -0.05) is 12.8 Å². The second-order valence-electron chi connectivity index (χ2n) is 2.77. The Labute approximate surface area is 55.5 Å². The van der Waals surface area contributed by atoms with Crippen molar-refractivity contribution in [3.63, 3.8) is 0 Å². The molecule has 9 heavy (non-hydrogen) atoms. The van der Waals surface area contributed by atoms with Crippen molar-refractivity contribution in [2.75, 3.05) is 6.61 Å². The van der Waals surface area contributed by atoms with Gasteiger partial charge in [0.25, 0.3) is 0 Å². The molecule has 0 aliphatic heterocycles. The molecule has 1 unspecified atom stereocenters. The molecule has 0 aromatic carbocycles. The van der Waals surface area contributed by atoms with Crippen molar-refractivity contribution in [3.8, 4) is 0 Å². The highest BCUT2D eigenvalue weighted by Crippen LogP contribution is 2.27. The van der Waals surface area contributed by atoms with E-state index in [1.165, 1.54) is 12.8 Å². The van der Waals surface area contributed by atoms with Gasteiger partial charge in [-0.3, -0.25) is 0 Å². The second-order valence-corrected chi connectivity index (χ2v) is 2.77. The molecular formula is C7H13O2. The van der Waals surface area contributed by atoms with Gasteiger partial charge in [0, 0.05) is 0 Å². The monoisotopic (exact) mass is 129 g/mol. The van der Waals surface area contributed by atoms with E-state index in [2.05, 4.69) is 0 Å². The minimum Gasteiger partial charge on any atom is -0.394 e. The lowest BCUT2D eigenvalue weighted by atomic mass is 10.0. The molecule has 1 radical (unpaired) electrons. The third-order valence-electron chi connectivity index (χ3n) is 2.11. The van der Waals surface area contributed by atoms with Crippen LogP contribution in [0.25, 0.3) is 0 Å². The first-order valence-corrected chi connectivity index (χ1v) is 3.61. The van der Waals surface area contributed by atoms with E-state index in [9.17, 15) is 5.11 Å². The number of aliphatic hydroxyl groups is 1. The molecule has 0 saturated heterocycles. The van der Waals surface area contributed by atoms with Crippen LogP contribution in [0.15, 0.2) is 0 Å². The third kappa shape index (κ3) is 1.66. The molecule has 1 aliphatic rings. The Morgan fingerprint density at radius 1 is 1.44 bits per heavy atom. The van der Waals surface area contributed by atoms with Crippen LogP contribution in [0.3, 0.4) is 0 Å². The first-order valence-electron chi connectivity index (χ1n) is 3.61. The highest BCUT2D eigenvalue weighted by Gasteiger charge is 2.23. The van der Waals surface area contributed by atoms with Gasteiger partial charge in [0.2, 0.25) is 0 Å². The first kappa shape index (κ1) is 7.03. The smallest absolute Gasteiger partial charge is 0.119 e. The lowest BCUT2D eigenvalue weighted by molar-refractivity contribution is -0.00540. The quantitative estimate of drug-likeness (QED) is 0.593. The van der Waals surface area contributed by atoms with Crippen LogP contribution in [0, 0.1) is 5.92 Å². The zero-order valence-corrected chi connectivity index (χ0v) is 5.55. The van der Waals surface area contributed by atoms with Gasteiger partial charge < -0.3 is 5.11 Å². The summed E-state index contributed by atoms with van der Waals surface area (Å²) in [5, 5.41) is 19.3. The van der Waals surface area contributed by atoms with Crippen molar-refractivity contribution >= 4 is 0 Å². The Morgan fingerprint density at radius 2 is 2.00 bits per heavy atom. The summed E-state index contributed by atoms with van der Waals surface area (Å²) in [6.07, 6.45) is 3.74. The topological polar surface area (TPSA) is 40.1 Å². The van der Waals surface area contributed by atoms with Gasteiger partial charge in [0.1, 0.15) is 6.10 Å². The summed E-state index contributed by atoms with van der Waals surface area (Å²) in [6.45, 7) is -0.176. The van der Waals surface area contributed by atoms with Crippen molar-refractivity contribution in [1.29, 1.82) is 0 Å². The van der Waals surface area contributed by atoms with Crippen molar-refractivity contribution < 1.29 is 10.2 Å². The van der Waals surface area contributed by atoms with Gasteiger partial charge >= 0.3 is 0 Å². The molecule has 1 rings (SSSR count). The minimum absolute atomic E-state index is 0.176. The van der Waals surface area contributed by atoms with E-state index in [4.69, 9.17) is 5.11 Å². The van der Waals surface area contributed by atoms with E-state index in [1.54, 1.807) is 0 Å². The van der Waals surface area contributed by atoms with E-state index < -0.39 is 6.10 Å². The summed E-state index contributed by atoms with van der Waals surface area (Å²) in [6, 6.07) is 0. The number of aliphatic hydroxyl groups excluding tert-OH is 1. The van der Waals surface area contributed by atoms with Gasteiger partial charge in [0.05, 0.1) is 6.61 Å². The summed E-state index contributed by atoms with van der Waals surface area (Å²) in [5.74, 6) is 0.273. The van der Waals surface area contributed by atoms with Gasteiger partial charge in [-0.05, 0) is 18.8 Å². The van der Waals surface area contributed by atoms with Gasteiger partial charge in [0.15, 0.2) is 0 Å². The highest BCUT2D eigenvalue weighted by atomic mass is 16.3. The van der Waals surface area contributed by atoms with Crippen LogP contribution in [0.2, 0.25) is 0 Å². The van der Waals surface area contributed by atoms with Gasteiger partial charge in [-0.15, -0.1) is 0 Å². The lowest BCUT2D eigenvalue weighted by Gasteiger charge is -2.10. The molecule has 0 heterocycles. The van der Waals surface area contributed by atoms with Crippen LogP contribution in [-0.4, -0.2) is 17.8 Å². The van der Waals surface area contributed by atoms with Crippen LogP contribution >= 0.6 is 0 Å². The first-order chi connectivity index (χ1) is 4.34. The highest BCUT2D eigenvalue weighted by molar-refractivity contribution is 4.73. The summed E-state index contributed by atoms with van der Waals surface area (Å²) in [5.41, 5.74) is 0. The maximum atomic E-state index is 10.8. The maximum Gasteiger partial charge on any atom is 0.119 e. The van der Waals surface area contributed by atoms with Crippen LogP contribution < -0.4 is 0 Å². The molecule has 0 bridgehead atoms. The number of hydrogen-bond acceptors (Lipinski definition) is 1. The molecular weight excluding hydrogens is 116 g/mol. The van der Waals surface area contributed by atoms with Crippen molar-refractivity contribution in [2.45, 2.75) is 31.8 Å². The molecule has 0 aromatic heterocycles. The van der Waals surface area contributed by atoms with E-state index in [-0.39, 0.29) is 12.5 Å². The Bertz CT molecular complexity index is 77.0. The lowest BCUT2D eigenvalue weighted by Crippen LogP contribution is -2.19. The number of rotatable bonds is 2. The van der Waals surface area contributed by atoms with Crippen LogP contribution in [0.4, 0.5) is 0 Å². The zero-order valence-electron chi connectivity index (χ0n) is 5.55. The van der Waals surface area contributed by atoms with E-state index in [1.807, 2.05) is 0 Å². The standard InChI is InChI=1S/C7H13O2/c8-5-7(9)6-3-1-2-4-6/h6-8H,1-5H2. The van der Waals surface area contributed by atoms with Crippen LogP contribution in [0.5, 0.6) is 0 Å². The molecule has 1 N–H and O–H groups in total. The predicted molar refractivity (Wildman–Crippen MR) is 33.5 cm³/mol. The molecule has 1 aliphatic carbocycles. The molecule has 0 spiro atoms. The fourth-order valence-electron chi connectivity index (χ4n) is 1.48. The fourth-order valence-corrected chi connectivity index (χ4v) is 1.48. The molecule has 53 valence electrons. The average molecular weight is 129 g/mol. The van der Waals surface area contributed by atoms with Gasteiger partial charge in [-0.2, -0.15) is 0 Å². The minimum atomic E-state index is -0.701. The SMILES string of the molecule is [O]C(CO)C1CCCC1. The van der Waals surface area contributed by atoms with Crippen LogP contribution in [0.1, 0.15) is 25.7 Å². The molecule has 1 atom stereocenters. The van der Waals surface area contributed by atoms with E-state index in [0.29, 0.717) is 0 Å². The Balaban J connectivity index is 2.24. The third-order valence-corrected chi connectivity index (χ3v) is 2.11. The van der Waals surface area contributed by atoms with Gasteiger partial charge in [-0.25, -0.2) is 5.11 Å². The molecule has 2 nitrogen and oxygen atoms in total. The summed E-state index contributed by atoms with van der Waals surface area (Å²) >= 11 is 0. The fraction of sp³-hybridized carbons (Fsp3) is 1.00. The van der Waals surface area contributed by atoms with Crippen LogP contribution in [-0.2, 0) is 5.11 Å². The van der Waals surface area contributed by atoms with Crippen molar-refractivity contribution in [2.24, 2.45) is 5.92 Å². The molecule has 1 fully saturated rings. The largest absolute Gasteiger partial charge is 0.394 e. The summed E-state index contributed by atoms with van der Waals surface area (Å²) in [7, 11) is 0. The average Bonchev–Trinajstić information content (AvgIpc) is 2.37. The predicted octanol–water partition coefficient (Wildman–Crippen LogP) is 0.968. The molecule has 1 saturated carbocycles. The maximum absolute atomic E-state index is 10.8. The normalized spacial score (nSPS) is 24.7. The molecule has 2 heteroatoms. The Hall–Kier alpha value is -0.0800. The zero-order chi connectivity index (χ0) is 6.69. The van der Waals surface area contributed by atoms with Crippen molar-refractivity contribution in [3.05, 3.63) is 0 Å². The van der Waals surface area contributed by atoms with E-state index >= 15 is 0 Å². The second kappa shape index (κ2) is 3.18. The molecule has 0 amide bonds. The Morgan fingerprint density at radius 3 is 2.44 bits per heavy atom. The Kier molecular flexibility index (Phi) is 2.49. The summed E-state index contributed by atoms with van der Waals surface area (Å²) < 4.78 is 0. The number of hydrogen-bond donors (Lipinski definition) is 1.